The molecule has 2 heteroatoms. The van der Waals surface area contributed by atoms with Crippen molar-refractivity contribution < 1.29 is 0 Å². The standard InChI is InChI=1S/C57H57NS/c1-54(2)27-28-55(3,4)51-46(54)20-14-21-49(51)58(40-23-24-43-42-17-10-11-18-44(42)56(5,6)48(43)34-40)52-41(37-15-8-7-9-16-37)25-26-47-53(52)59-50-22-13-12-19-45(50)57(47)38-30-35-29-36(32-38)33-39(57)31-35/h7-26,34-36,38-39H,27-33H2,1-6H3. The van der Waals surface area contributed by atoms with Crippen LogP contribution in [0.25, 0.3) is 22.3 Å². The summed E-state index contributed by atoms with van der Waals surface area (Å²) in [7, 11) is 0. The van der Waals surface area contributed by atoms with E-state index in [1.807, 2.05) is 0 Å². The van der Waals surface area contributed by atoms with Crippen molar-refractivity contribution in [2.45, 2.75) is 118 Å². The second-order valence-corrected chi connectivity index (χ2v) is 22.2. The van der Waals surface area contributed by atoms with E-state index in [1.165, 1.54) is 116 Å². The summed E-state index contributed by atoms with van der Waals surface area (Å²) in [5.74, 6) is 3.17. The third-order valence-corrected chi connectivity index (χ3v) is 17.9. The Labute approximate surface area is 356 Å². The minimum absolute atomic E-state index is 0.00999. The van der Waals surface area contributed by atoms with Crippen molar-refractivity contribution in [2.75, 3.05) is 4.90 Å². The van der Waals surface area contributed by atoms with Gasteiger partial charge in [-0.3, -0.25) is 0 Å². The molecule has 0 aromatic heterocycles. The van der Waals surface area contributed by atoms with E-state index < -0.39 is 0 Å². The Bertz CT molecular complexity index is 2670. The minimum Gasteiger partial charge on any atom is -0.308 e. The molecule has 59 heavy (non-hydrogen) atoms. The molecule has 296 valence electrons. The number of hydrogen-bond acceptors (Lipinski definition) is 2. The number of fused-ring (bicyclic) bond motifs is 6. The van der Waals surface area contributed by atoms with Gasteiger partial charge in [-0.15, -0.1) is 0 Å². The fourth-order valence-corrected chi connectivity index (χ4v) is 15.5. The zero-order chi connectivity index (χ0) is 40.1. The van der Waals surface area contributed by atoms with Crippen molar-refractivity contribution >= 4 is 28.8 Å². The van der Waals surface area contributed by atoms with E-state index in [4.69, 9.17) is 0 Å². The first-order valence-corrected chi connectivity index (χ1v) is 23.5. The molecular weight excluding hydrogens is 731 g/mol. The van der Waals surface area contributed by atoms with Crippen LogP contribution in [0.4, 0.5) is 17.1 Å². The monoisotopic (exact) mass is 787 g/mol. The lowest BCUT2D eigenvalue weighted by atomic mass is 9.42. The fourth-order valence-electron chi connectivity index (χ4n) is 14.1. The van der Waals surface area contributed by atoms with Gasteiger partial charge in [0, 0.05) is 31.9 Å². The van der Waals surface area contributed by atoms with Crippen LogP contribution >= 0.6 is 11.8 Å². The van der Waals surface area contributed by atoms with Crippen molar-refractivity contribution in [3.05, 3.63) is 161 Å². The maximum absolute atomic E-state index is 2.78. The molecule has 0 unspecified atom stereocenters. The predicted octanol–water partition coefficient (Wildman–Crippen LogP) is 15.7. The van der Waals surface area contributed by atoms with E-state index in [9.17, 15) is 0 Å². The predicted molar refractivity (Wildman–Crippen MR) is 248 cm³/mol. The molecule has 13 rings (SSSR count). The molecule has 0 atom stereocenters. The van der Waals surface area contributed by atoms with Crippen LogP contribution in [0.1, 0.15) is 120 Å². The van der Waals surface area contributed by atoms with Gasteiger partial charge in [0.15, 0.2) is 0 Å². The van der Waals surface area contributed by atoms with Gasteiger partial charge in [-0.25, -0.2) is 0 Å². The summed E-state index contributed by atoms with van der Waals surface area (Å²) in [5.41, 5.74) is 18.5. The highest BCUT2D eigenvalue weighted by atomic mass is 32.2. The van der Waals surface area contributed by atoms with E-state index in [0.717, 1.165) is 11.8 Å². The summed E-state index contributed by atoms with van der Waals surface area (Å²) in [4.78, 5) is 5.74. The van der Waals surface area contributed by atoms with Crippen molar-refractivity contribution in [2.24, 2.45) is 23.7 Å². The smallest absolute Gasteiger partial charge is 0.0682 e. The highest BCUT2D eigenvalue weighted by Crippen LogP contribution is 2.70. The molecule has 0 N–H and O–H groups in total. The zero-order valence-corrected chi connectivity index (χ0v) is 36.6. The van der Waals surface area contributed by atoms with Crippen molar-refractivity contribution in [1.82, 2.24) is 0 Å². The van der Waals surface area contributed by atoms with Crippen LogP contribution < -0.4 is 4.90 Å². The summed E-state index contributed by atoms with van der Waals surface area (Å²) in [6.07, 6.45) is 9.32. The molecule has 1 heterocycles. The van der Waals surface area contributed by atoms with Gasteiger partial charge < -0.3 is 4.90 Å². The van der Waals surface area contributed by atoms with Crippen molar-refractivity contribution in [1.29, 1.82) is 0 Å². The molecule has 4 bridgehead atoms. The average molecular weight is 788 g/mol. The first kappa shape index (κ1) is 36.3. The Balaban J connectivity index is 1.20. The summed E-state index contributed by atoms with van der Waals surface area (Å²) in [5, 5.41) is 0. The van der Waals surface area contributed by atoms with Crippen LogP contribution in [0.5, 0.6) is 0 Å². The van der Waals surface area contributed by atoms with Crippen LogP contribution in [-0.4, -0.2) is 0 Å². The van der Waals surface area contributed by atoms with Gasteiger partial charge in [-0.2, -0.15) is 0 Å². The van der Waals surface area contributed by atoms with Gasteiger partial charge >= 0.3 is 0 Å². The van der Waals surface area contributed by atoms with Gasteiger partial charge in [0.1, 0.15) is 0 Å². The van der Waals surface area contributed by atoms with E-state index >= 15 is 0 Å². The highest BCUT2D eigenvalue weighted by Gasteiger charge is 2.61. The van der Waals surface area contributed by atoms with Gasteiger partial charge in [0.05, 0.1) is 11.4 Å². The summed E-state index contributed by atoms with van der Waals surface area (Å²) >= 11 is 2.06. The van der Waals surface area contributed by atoms with E-state index in [0.29, 0.717) is 11.8 Å². The molecule has 0 amide bonds. The Morgan fingerprint density at radius 3 is 1.90 bits per heavy atom. The third kappa shape index (κ3) is 4.99. The molecule has 1 spiro atoms. The lowest BCUT2D eigenvalue weighted by molar-refractivity contribution is -0.0443. The van der Waals surface area contributed by atoms with Crippen LogP contribution in [0, 0.1) is 23.7 Å². The summed E-state index contributed by atoms with van der Waals surface area (Å²) in [6, 6.07) is 50.1. The number of nitrogens with zero attached hydrogens (tertiary/aromatic N) is 1. The Hall–Kier alpha value is -4.53. The number of benzene rings is 6. The normalized spacial score (nSPS) is 26.7. The highest BCUT2D eigenvalue weighted by molar-refractivity contribution is 7.99. The van der Waals surface area contributed by atoms with Gasteiger partial charge in [0.25, 0.3) is 0 Å². The van der Waals surface area contributed by atoms with Crippen LogP contribution in [-0.2, 0) is 21.7 Å². The lowest BCUT2D eigenvalue weighted by Crippen LogP contribution is -2.57. The molecule has 6 aromatic carbocycles. The molecule has 0 radical (unpaired) electrons. The Morgan fingerprint density at radius 1 is 0.508 bits per heavy atom. The number of rotatable bonds is 4. The fraction of sp³-hybridized carbons (Fsp3) is 0.368. The first-order valence-electron chi connectivity index (χ1n) is 22.7. The lowest BCUT2D eigenvalue weighted by Gasteiger charge is -2.63. The Morgan fingerprint density at radius 2 is 1.14 bits per heavy atom. The minimum atomic E-state index is -0.110. The maximum Gasteiger partial charge on any atom is 0.0682 e. The van der Waals surface area contributed by atoms with E-state index in [1.54, 1.807) is 11.1 Å². The molecule has 4 fully saturated rings. The maximum atomic E-state index is 2.78. The second-order valence-electron chi connectivity index (χ2n) is 21.2. The molecule has 0 saturated heterocycles. The van der Waals surface area contributed by atoms with E-state index in [2.05, 4.69) is 186 Å². The summed E-state index contributed by atoms with van der Waals surface area (Å²) < 4.78 is 0. The molecule has 4 saturated carbocycles. The molecule has 1 nitrogen and oxygen atoms in total. The van der Waals surface area contributed by atoms with Crippen LogP contribution in [0.3, 0.4) is 0 Å². The van der Waals surface area contributed by atoms with Crippen LogP contribution in [0.2, 0.25) is 0 Å². The SMILES string of the molecule is CC1(C)CCC(C)(C)c2c(N(c3ccc4c(c3)C(C)(C)c3ccccc3-4)c3c(-c4ccccc4)ccc4c3Sc3ccccc3C43C4CC5CC(C4)CC3C5)cccc21. The molecule has 1 aliphatic heterocycles. The first-order chi connectivity index (χ1) is 28.5. The van der Waals surface area contributed by atoms with Crippen molar-refractivity contribution in [3.63, 3.8) is 0 Å². The molecular formula is C57H57NS. The quantitative estimate of drug-likeness (QED) is 0.175. The van der Waals surface area contributed by atoms with Gasteiger partial charge in [-0.1, -0.05) is 156 Å². The van der Waals surface area contributed by atoms with E-state index in [-0.39, 0.29) is 21.7 Å². The number of anilines is 3. The molecule has 6 aromatic rings. The molecule has 6 aliphatic carbocycles. The van der Waals surface area contributed by atoms with Crippen molar-refractivity contribution in [3.8, 4) is 22.3 Å². The topological polar surface area (TPSA) is 3.24 Å². The second kappa shape index (κ2) is 12.5. The molecule has 7 aliphatic rings. The van der Waals surface area contributed by atoms with Gasteiger partial charge in [-0.05, 0) is 154 Å². The zero-order valence-electron chi connectivity index (χ0n) is 35.7. The average Bonchev–Trinajstić information content (AvgIpc) is 3.46. The summed E-state index contributed by atoms with van der Waals surface area (Å²) in [6.45, 7) is 14.9. The third-order valence-electron chi connectivity index (χ3n) is 16.7. The van der Waals surface area contributed by atoms with Crippen LogP contribution in [0.15, 0.2) is 137 Å². The number of hydrogen-bond donors (Lipinski definition) is 0. The Kier molecular flexibility index (Phi) is 7.70. The largest absolute Gasteiger partial charge is 0.308 e. The van der Waals surface area contributed by atoms with Gasteiger partial charge in [0.2, 0.25) is 0 Å².